The molecule has 0 aliphatic heterocycles. The van der Waals surface area contributed by atoms with Gasteiger partial charge in [0.05, 0.1) is 23.8 Å². The second-order valence-electron chi connectivity index (χ2n) is 9.41. The standard InChI is InChI=1S/C26H27F2N3O4/c1-25(2,3)35-24(33)26(4,5)15-10-12-16(13-11-15)29-20-14-19(30-31-22(20)23(32)34-6)21-17(27)8-7-9-18(21)28/h7-14H,1-6H3,(H,29,30). The van der Waals surface area contributed by atoms with Crippen LogP contribution in [0, 0.1) is 11.6 Å². The Morgan fingerprint density at radius 3 is 2.06 bits per heavy atom. The summed E-state index contributed by atoms with van der Waals surface area (Å²) < 4.78 is 38.9. The van der Waals surface area contributed by atoms with Gasteiger partial charge in [-0.05, 0) is 70.5 Å². The summed E-state index contributed by atoms with van der Waals surface area (Å²) >= 11 is 0. The molecule has 0 aliphatic carbocycles. The molecule has 0 saturated heterocycles. The highest BCUT2D eigenvalue weighted by atomic mass is 19.1. The highest BCUT2D eigenvalue weighted by Gasteiger charge is 2.34. The van der Waals surface area contributed by atoms with Gasteiger partial charge in [-0.3, -0.25) is 4.79 Å². The molecule has 3 rings (SSSR count). The molecule has 1 aromatic heterocycles. The molecule has 0 amide bonds. The number of halogens is 2. The summed E-state index contributed by atoms with van der Waals surface area (Å²) in [4.78, 5) is 24.9. The number of benzene rings is 2. The van der Waals surface area contributed by atoms with Crippen LogP contribution in [0.3, 0.4) is 0 Å². The van der Waals surface area contributed by atoms with Crippen molar-refractivity contribution in [3.63, 3.8) is 0 Å². The number of carbonyl (C=O) groups is 2. The molecule has 0 bridgehead atoms. The number of carbonyl (C=O) groups excluding carboxylic acids is 2. The molecule has 0 spiro atoms. The number of methoxy groups -OCH3 is 1. The Morgan fingerprint density at radius 2 is 1.51 bits per heavy atom. The van der Waals surface area contributed by atoms with Gasteiger partial charge in [-0.15, -0.1) is 10.2 Å². The van der Waals surface area contributed by atoms with Crippen LogP contribution in [0.2, 0.25) is 0 Å². The van der Waals surface area contributed by atoms with E-state index in [1.807, 2.05) is 0 Å². The largest absolute Gasteiger partial charge is 0.464 e. The van der Waals surface area contributed by atoms with Crippen molar-refractivity contribution in [1.82, 2.24) is 10.2 Å². The van der Waals surface area contributed by atoms with E-state index in [4.69, 9.17) is 9.47 Å². The van der Waals surface area contributed by atoms with Crippen LogP contribution in [-0.2, 0) is 19.7 Å². The SMILES string of the molecule is COC(=O)c1nnc(-c2c(F)cccc2F)cc1Nc1ccc(C(C)(C)C(=O)OC(C)(C)C)cc1. The predicted octanol–water partition coefficient (Wildman–Crippen LogP) is 5.57. The van der Waals surface area contributed by atoms with Crippen molar-refractivity contribution in [2.75, 3.05) is 12.4 Å². The number of nitrogens with zero attached hydrogens (tertiary/aromatic N) is 2. The van der Waals surface area contributed by atoms with Gasteiger partial charge in [0.1, 0.15) is 22.9 Å². The van der Waals surface area contributed by atoms with Gasteiger partial charge >= 0.3 is 11.9 Å². The molecule has 0 aliphatic rings. The summed E-state index contributed by atoms with van der Waals surface area (Å²) in [5, 5.41) is 10.7. The molecule has 2 aromatic carbocycles. The molecule has 0 atom stereocenters. The number of anilines is 2. The van der Waals surface area contributed by atoms with Crippen LogP contribution in [-0.4, -0.2) is 34.8 Å². The van der Waals surface area contributed by atoms with E-state index in [1.54, 1.807) is 58.9 Å². The number of nitrogens with one attached hydrogen (secondary N) is 1. The molecule has 0 saturated carbocycles. The molecule has 0 unspecified atom stereocenters. The minimum Gasteiger partial charge on any atom is -0.464 e. The first-order valence-electron chi connectivity index (χ1n) is 10.8. The first-order valence-corrected chi connectivity index (χ1v) is 10.8. The van der Waals surface area contributed by atoms with E-state index in [2.05, 4.69) is 15.5 Å². The summed E-state index contributed by atoms with van der Waals surface area (Å²) in [5.41, 5.74) is -0.762. The molecule has 35 heavy (non-hydrogen) atoms. The normalized spacial score (nSPS) is 11.7. The summed E-state index contributed by atoms with van der Waals surface area (Å²) in [6.45, 7) is 8.94. The van der Waals surface area contributed by atoms with Crippen molar-refractivity contribution >= 4 is 23.3 Å². The number of ether oxygens (including phenoxy) is 2. The maximum Gasteiger partial charge on any atom is 0.360 e. The van der Waals surface area contributed by atoms with Crippen LogP contribution in [0.5, 0.6) is 0 Å². The number of aromatic nitrogens is 2. The van der Waals surface area contributed by atoms with E-state index < -0.39 is 28.6 Å². The van der Waals surface area contributed by atoms with Crippen molar-refractivity contribution in [2.45, 2.75) is 45.6 Å². The fourth-order valence-electron chi connectivity index (χ4n) is 3.25. The van der Waals surface area contributed by atoms with Crippen LogP contribution in [0.1, 0.15) is 50.7 Å². The van der Waals surface area contributed by atoms with Crippen LogP contribution < -0.4 is 5.32 Å². The van der Waals surface area contributed by atoms with Crippen LogP contribution in [0.4, 0.5) is 20.2 Å². The fourth-order valence-corrected chi connectivity index (χ4v) is 3.25. The Kier molecular flexibility index (Phi) is 7.19. The van der Waals surface area contributed by atoms with Gasteiger partial charge in [0.25, 0.3) is 0 Å². The second kappa shape index (κ2) is 9.77. The van der Waals surface area contributed by atoms with Gasteiger partial charge in [-0.25, -0.2) is 13.6 Å². The van der Waals surface area contributed by atoms with E-state index in [0.29, 0.717) is 11.3 Å². The molecule has 1 N–H and O–H groups in total. The third-order valence-corrected chi connectivity index (χ3v) is 5.19. The number of rotatable bonds is 6. The molecule has 184 valence electrons. The van der Waals surface area contributed by atoms with Gasteiger partial charge in [0.2, 0.25) is 0 Å². The molecular weight excluding hydrogens is 456 g/mol. The number of hydrogen-bond donors (Lipinski definition) is 1. The van der Waals surface area contributed by atoms with E-state index in [1.165, 1.54) is 19.2 Å². The summed E-state index contributed by atoms with van der Waals surface area (Å²) in [6, 6.07) is 11.7. The summed E-state index contributed by atoms with van der Waals surface area (Å²) in [7, 11) is 1.19. The van der Waals surface area contributed by atoms with E-state index in [0.717, 1.165) is 12.1 Å². The first kappa shape index (κ1) is 25.7. The lowest BCUT2D eigenvalue weighted by molar-refractivity contribution is -0.160. The Labute approximate surface area is 202 Å². The number of esters is 2. The van der Waals surface area contributed by atoms with Crippen LogP contribution in [0.15, 0.2) is 48.5 Å². The minimum absolute atomic E-state index is 0.0987. The molecule has 9 heteroatoms. The Morgan fingerprint density at radius 1 is 0.914 bits per heavy atom. The average Bonchev–Trinajstić information content (AvgIpc) is 2.78. The van der Waals surface area contributed by atoms with Crippen molar-refractivity contribution in [3.8, 4) is 11.3 Å². The van der Waals surface area contributed by atoms with E-state index in [9.17, 15) is 18.4 Å². The van der Waals surface area contributed by atoms with E-state index in [-0.39, 0.29) is 28.6 Å². The van der Waals surface area contributed by atoms with Crippen molar-refractivity contribution in [3.05, 3.63) is 71.4 Å². The van der Waals surface area contributed by atoms with Crippen molar-refractivity contribution in [1.29, 1.82) is 0 Å². The predicted molar refractivity (Wildman–Crippen MR) is 127 cm³/mol. The lowest BCUT2D eigenvalue weighted by Crippen LogP contribution is -2.36. The summed E-state index contributed by atoms with van der Waals surface area (Å²) in [6.07, 6.45) is 0. The summed E-state index contributed by atoms with van der Waals surface area (Å²) in [5.74, 6) is -2.77. The molecule has 7 nitrogen and oxygen atoms in total. The number of hydrogen-bond acceptors (Lipinski definition) is 7. The van der Waals surface area contributed by atoms with Crippen LogP contribution >= 0.6 is 0 Å². The zero-order chi connectivity index (χ0) is 26.0. The van der Waals surface area contributed by atoms with Gasteiger partial charge < -0.3 is 14.8 Å². The van der Waals surface area contributed by atoms with Gasteiger partial charge in [-0.1, -0.05) is 18.2 Å². The Hall–Kier alpha value is -3.88. The third-order valence-electron chi connectivity index (χ3n) is 5.19. The second-order valence-corrected chi connectivity index (χ2v) is 9.41. The lowest BCUT2D eigenvalue weighted by atomic mass is 9.84. The molecular formula is C26H27F2N3O4. The van der Waals surface area contributed by atoms with Crippen LogP contribution in [0.25, 0.3) is 11.3 Å². The average molecular weight is 484 g/mol. The highest BCUT2D eigenvalue weighted by molar-refractivity contribution is 5.95. The monoisotopic (exact) mass is 483 g/mol. The van der Waals surface area contributed by atoms with Gasteiger partial charge in [0.15, 0.2) is 5.69 Å². The minimum atomic E-state index is -0.906. The highest BCUT2D eigenvalue weighted by Crippen LogP contribution is 2.31. The topological polar surface area (TPSA) is 90.4 Å². The van der Waals surface area contributed by atoms with Gasteiger partial charge in [0, 0.05) is 5.69 Å². The van der Waals surface area contributed by atoms with E-state index >= 15 is 0 Å². The third kappa shape index (κ3) is 5.79. The quantitative estimate of drug-likeness (QED) is 0.458. The molecule has 0 fully saturated rings. The molecule has 1 heterocycles. The maximum atomic E-state index is 14.3. The van der Waals surface area contributed by atoms with Gasteiger partial charge in [-0.2, -0.15) is 0 Å². The lowest BCUT2D eigenvalue weighted by Gasteiger charge is -2.29. The zero-order valence-electron chi connectivity index (χ0n) is 20.4. The Bertz CT molecular complexity index is 1230. The van der Waals surface area contributed by atoms with Crippen molar-refractivity contribution < 1.29 is 27.8 Å². The molecule has 0 radical (unpaired) electrons. The fraction of sp³-hybridized carbons (Fsp3) is 0.308. The Balaban J connectivity index is 1.95. The van der Waals surface area contributed by atoms with Crippen molar-refractivity contribution in [2.24, 2.45) is 0 Å². The maximum absolute atomic E-state index is 14.3. The zero-order valence-corrected chi connectivity index (χ0v) is 20.4. The first-order chi connectivity index (χ1) is 16.3. The molecule has 3 aromatic rings. The smallest absolute Gasteiger partial charge is 0.360 e.